The van der Waals surface area contributed by atoms with Crippen molar-refractivity contribution in [3.63, 3.8) is 0 Å². The van der Waals surface area contributed by atoms with E-state index in [-0.39, 0.29) is 12.5 Å². The number of aliphatic carboxylic acids is 1. The van der Waals surface area contributed by atoms with Gasteiger partial charge in [-0.2, -0.15) is 0 Å². The van der Waals surface area contributed by atoms with E-state index in [4.69, 9.17) is 0 Å². The Morgan fingerprint density at radius 3 is 2.64 bits per heavy atom. The minimum absolute atomic E-state index is 0.142. The molecule has 25 heavy (non-hydrogen) atoms. The number of carbonyl (C=O) groups excluding carboxylic acids is 1. The first kappa shape index (κ1) is 15.3. The Morgan fingerprint density at radius 1 is 1.12 bits per heavy atom. The molecule has 1 aromatic heterocycles. The van der Waals surface area contributed by atoms with Crippen LogP contribution < -0.4 is 4.90 Å². The van der Waals surface area contributed by atoms with Gasteiger partial charge in [-0.05, 0) is 30.7 Å². The SMILES string of the molecule is Cc1cc(C(=O)N2CC(C(=O)O)c3ccccc32)c2ccccc2n1. The molecule has 5 heteroatoms. The number of anilines is 1. The molecule has 2 aromatic carbocycles. The van der Waals surface area contributed by atoms with Gasteiger partial charge in [0.15, 0.2) is 0 Å². The van der Waals surface area contributed by atoms with Gasteiger partial charge in [-0.3, -0.25) is 14.6 Å². The van der Waals surface area contributed by atoms with E-state index in [9.17, 15) is 14.7 Å². The van der Waals surface area contributed by atoms with Crippen LogP contribution in [0.25, 0.3) is 10.9 Å². The molecule has 1 atom stereocenters. The smallest absolute Gasteiger partial charge is 0.312 e. The highest BCUT2D eigenvalue weighted by molar-refractivity contribution is 6.15. The maximum Gasteiger partial charge on any atom is 0.312 e. The van der Waals surface area contributed by atoms with E-state index in [1.165, 1.54) is 0 Å². The van der Waals surface area contributed by atoms with Crippen LogP contribution in [-0.2, 0) is 4.79 Å². The number of hydrogen-bond donors (Lipinski definition) is 1. The lowest BCUT2D eigenvalue weighted by molar-refractivity contribution is -0.138. The number of amides is 1. The zero-order chi connectivity index (χ0) is 17.6. The molecule has 4 rings (SSSR count). The van der Waals surface area contributed by atoms with Crippen LogP contribution in [0.3, 0.4) is 0 Å². The van der Waals surface area contributed by atoms with Gasteiger partial charge in [0.05, 0.1) is 11.1 Å². The van der Waals surface area contributed by atoms with Crippen molar-refractivity contribution in [1.29, 1.82) is 0 Å². The maximum absolute atomic E-state index is 13.2. The summed E-state index contributed by atoms with van der Waals surface area (Å²) in [7, 11) is 0. The third-order valence-electron chi connectivity index (χ3n) is 4.59. The van der Waals surface area contributed by atoms with Crippen LogP contribution in [0.4, 0.5) is 5.69 Å². The predicted octanol–water partition coefficient (Wildman–Crippen LogP) is 3.37. The van der Waals surface area contributed by atoms with E-state index in [1.807, 2.05) is 37.3 Å². The standard InChI is InChI=1S/C20H16N2O3/c1-12-10-15(13-6-2-4-8-17(13)21-12)19(23)22-11-16(20(24)25)14-7-3-5-9-18(14)22/h2-10,16H,11H2,1H3,(H,24,25). The summed E-state index contributed by atoms with van der Waals surface area (Å²) >= 11 is 0. The minimum Gasteiger partial charge on any atom is -0.481 e. The molecule has 1 aliphatic rings. The molecule has 0 spiro atoms. The summed E-state index contributed by atoms with van der Waals surface area (Å²) < 4.78 is 0. The van der Waals surface area contributed by atoms with Crippen molar-refractivity contribution in [2.24, 2.45) is 0 Å². The van der Waals surface area contributed by atoms with E-state index in [0.29, 0.717) is 16.8 Å². The Morgan fingerprint density at radius 2 is 1.84 bits per heavy atom. The highest BCUT2D eigenvalue weighted by Crippen LogP contribution is 2.37. The van der Waals surface area contributed by atoms with Crippen molar-refractivity contribution in [2.75, 3.05) is 11.4 Å². The zero-order valence-electron chi connectivity index (χ0n) is 13.6. The van der Waals surface area contributed by atoms with Gasteiger partial charge < -0.3 is 10.0 Å². The third kappa shape index (κ3) is 2.45. The molecule has 0 bridgehead atoms. The van der Waals surface area contributed by atoms with Crippen molar-refractivity contribution in [2.45, 2.75) is 12.8 Å². The van der Waals surface area contributed by atoms with Crippen LogP contribution in [0.15, 0.2) is 54.6 Å². The molecule has 0 saturated carbocycles. The molecule has 0 fully saturated rings. The Hall–Kier alpha value is -3.21. The Kier molecular flexibility index (Phi) is 3.50. The summed E-state index contributed by atoms with van der Waals surface area (Å²) in [6.07, 6.45) is 0. The summed E-state index contributed by atoms with van der Waals surface area (Å²) in [4.78, 5) is 30.9. The second kappa shape index (κ2) is 5.70. The summed E-state index contributed by atoms with van der Waals surface area (Å²) in [5.74, 6) is -1.81. The number of carboxylic acid groups (broad SMARTS) is 1. The van der Waals surface area contributed by atoms with E-state index in [0.717, 1.165) is 16.6 Å². The molecule has 1 aliphatic heterocycles. The van der Waals surface area contributed by atoms with Crippen molar-refractivity contribution in [1.82, 2.24) is 4.98 Å². The number of rotatable bonds is 2. The van der Waals surface area contributed by atoms with E-state index in [2.05, 4.69) is 4.98 Å². The van der Waals surface area contributed by atoms with Crippen molar-refractivity contribution in [3.8, 4) is 0 Å². The lowest BCUT2D eigenvalue weighted by Crippen LogP contribution is -2.31. The number of benzene rings is 2. The van der Waals surface area contributed by atoms with Gasteiger partial charge >= 0.3 is 5.97 Å². The van der Waals surface area contributed by atoms with Gasteiger partial charge in [-0.1, -0.05) is 36.4 Å². The molecule has 1 unspecified atom stereocenters. The molecule has 0 saturated heterocycles. The number of para-hydroxylation sites is 2. The van der Waals surface area contributed by atoms with Crippen LogP contribution in [-0.4, -0.2) is 28.5 Å². The predicted molar refractivity (Wildman–Crippen MR) is 95.0 cm³/mol. The zero-order valence-corrected chi connectivity index (χ0v) is 13.6. The van der Waals surface area contributed by atoms with Crippen LogP contribution >= 0.6 is 0 Å². The summed E-state index contributed by atoms with van der Waals surface area (Å²) in [6, 6.07) is 16.4. The fourth-order valence-corrected chi connectivity index (χ4v) is 3.44. The molecule has 1 N–H and O–H groups in total. The fraction of sp³-hybridized carbons (Fsp3) is 0.150. The monoisotopic (exact) mass is 332 g/mol. The largest absolute Gasteiger partial charge is 0.481 e. The number of pyridine rings is 1. The molecule has 3 aromatic rings. The molecule has 0 radical (unpaired) electrons. The average Bonchev–Trinajstić information content (AvgIpc) is 3.00. The summed E-state index contributed by atoms with van der Waals surface area (Å²) in [5, 5.41) is 10.3. The van der Waals surface area contributed by atoms with E-state index in [1.54, 1.807) is 29.2 Å². The number of aryl methyl sites for hydroxylation is 1. The quantitative estimate of drug-likeness (QED) is 0.781. The van der Waals surface area contributed by atoms with Crippen LogP contribution in [0, 0.1) is 6.92 Å². The summed E-state index contributed by atoms with van der Waals surface area (Å²) in [6.45, 7) is 1.99. The van der Waals surface area contributed by atoms with Gasteiger partial charge in [0.1, 0.15) is 5.92 Å². The Labute approximate surface area is 144 Å². The van der Waals surface area contributed by atoms with Gasteiger partial charge in [0.2, 0.25) is 0 Å². The van der Waals surface area contributed by atoms with Gasteiger partial charge in [-0.25, -0.2) is 0 Å². The van der Waals surface area contributed by atoms with Gasteiger partial charge in [0, 0.05) is 23.3 Å². The number of fused-ring (bicyclic) bond motifs is 2. The second-order valence-corrected chi connectivity index (χ2v) is 6.19. The number of aromatic nitrogens is 1. The van der Waals surface area contributed by atoms with Crippen LogP contribution in [0.5, 0.6) is 0 Å². The summed E-state index contributed by atoms with van der Waals surface area (Å²) in [5.41, 5.74) is 3.40. The first-order valence-corrected chi connectivity index (χ1v) is 8.06. The highest BCUT2D eigenvalue weighted by Gasteiger charge is 2.37. The number of carbonyl (C=O) groups is 2. The molecule has 0 aliphatic carbocycles. The van der Waals surface area contributed by atoms with E-state index < -0.39 is 11.9 Å². The molecule has 2 heterocycles. The lowest BCUT2D eigenvalue weighted by atomic mass is 10.0. The number of hydrogen-bond acceptors (Lipinski definition) is 3. The number of carboxylic acids is 1. The molecular weight excluding hydrogens is 316 g/mol. The van der Waals surface area contributed by atoms with Gasteiger partial charge in [-0.15, -0.1) is 0 Å². The second-order valence-electron chi connectivity index (χ2n) is 6.19. The van der Waals surface area contributed by atoms with Crippen molar-refractivity contribution < 1.29 is 14.7 Å². The Bertz CT molecular complexity index is 1010. The molecule has 1 amide bonds. The molecular formula is C20H16N2O3. The van der Waals surface area contributed by atoms with Crippen molar-refractivity contribution in [3.05, 3.63) is 71.4 Å². The Balaban J connectivity index is 1.84. The lowest BCUT2D eigenvalue weighted by Gasteiger charge is -2.19. The van der Waals surface area contributed by atoms with Crippen molar-refractivity contribution >= 4 is 28.5 Å². The van der Waals surface area contributed by atoms with Crippen LogP contribution in [0.1, 0.15) is 27.5 Å². The normalized spacial score (nSPS) is 16.0. The first-order valence-electron chi connectivity index (χ1n) is 8.06. The first-order chi connectivity index (χ1) is 12.1. The highest BCUT2D eigenvalue weighted by atomic mass is 16.4. The fourth-order valence-electron chi connectivity index (χ4n) is 3.44. The molecule has 5 nitrogen and oxygen atoms in total. The number of nitrogens with zero attached hydrogens (tertiary/aromatic N) is 2. The minimum atomic E-state index is -0.918. The van der Waals surface area contributed by atoms with E-state index >= 15 is 0 Å². The third-order valence-corrected chi connectivity index (χ3v) is 4.59. The topological polar surface area (TPSA) is 70.5 Å². The van der Waals surface area contributed by atoms with Gasteiger partial charge in [0.25, 0.3) is 5.91 Å². The average molecular weight is 332 g/mol. The molecule has 124 valence electrons. The van der Waals surface area contributed by atoms with Crippen LogP contribution in [0.2, 0.25) is 0 Å². The maximum atomic E-state index is 13.2.